The second-order valence-electron chi connectivity index (χ2n) is 4.24. The molecule has 0 aromatic heterocycles. The van der Waals surface area contributed by atoms with E-state index in [2.05, 4.69) is 62.4 Å². The number of aryl methyl sites for hydroxylation is 1. The zero-order valence-corrected chi connectivity index (χ0v) is 9.33. The number of rotatable bonds is 0. The number of fused-ring (bicyclic) bond motifs is 2. The minimum Gasteiger partial charge on any atom is -0.0616 e. The topological polar surface area (TPSA) is 0 Å². The van der Waals surface area contributed by atoms with Crippen molar-refractivity contribution in [1.29, 1.82) is 0 Å². The van der Waals surface area contributed by atoms with Crippen LogP contribution < -0.4 is 0 Å². The lowest BCUT2D eigenvalue weighted by atomic mass is 9.95. The molecule has 0 atom stereocenters. The van der Waals surface area contributed by atoms with Gasteiger partial charge in [-0.1, -0.05) is 42.5 Å². The molecule has 0 unspecified atom stereocenters. The standard InChI is InChI=1S/C16H13/c1-11-6-5-8-14-10-13-7-3-4-9-15(13)12(2)16(11)14/h3-10H,1H2,2H3. The first kappa shape index (κ1) is 9.41. The molecule has 0 bridgehead atoms. The Kier molecular flexibility index (Phi) is 1.97. The Morgan fingerprint density at radius 3 is 2.50 bits per heavy atom. The summed E-state index contributed by atoms with van der Waals surface area (Å²) >= 11 is 0. The van der Waals surface area contributed by atoms with Crippen LogP contribution in [0.5, 0.6) is 0 Å². The van der Waals surface area contributed by atoms with E-state index in [1.165, 1.54) is 27.1 Å². The van der Waals surface area contributed by atoms with Crippen molar-refractivity contribution in [3.8, 4) is 0 Å². The quantitative estimate of drug-likeness (QED) is 0.474. The van der Waals surface area contributed by atoms with Gasteiger partial charge in [-0.25, -0.2) is 0 Å². The molecule has 3 rings (SSSR count). The van der Waals surface area contributed by atoms with E-state index in [4.69, 9.17) is 0 Å². The predicted molar refractivity (Wildman–Crippen MR) is 70.7 cm³/mol. The van der Waals surface area contributed by atoms with Gasteiger partial charge in [0.2, 0.25) is 0 Å². The maximum Gasteiger partial charge on any atom is -0.0116 e. The third-order valence-electron chi connectivity index (χ3n) is 3.23. The van der Waals surface area contributed by atoms with E-state index in [0.29, 0.717) is 0 Å². The first-order valence-corrected chi connectivity index (χ1v) is 5.50. The minimum atomic E-state index is 1.11. The van der Waals surface area contributed by atoms with E-state index >= 15 is 0 Å². The Bertz CT molecular complexity index is 678. The Balaban J connectivity index is 2.62. The van der Waals surface area contributed by atoms with Crippen LogP contribution in [0.4, 0.5) is 0 Å². The molecule has 3 aromatic rings. The van der Waals surface area contributed by atoms with Gasteiger partial charge in [0.05, 0.1) is 0 Å². The van der Waals surface area contributed by atoms with Gasteiger partial charge in [-0.3, -0.25) is 0 Å². The lowest BCUT2D eigenvalue weighted by Crippen LogP contribution is -1.85. The van der Waals surface area contributed by atoms with Gasteiger partial charge in [-0.15, -0.1) is 0 Å². The second kappa shape index (κ2) is 3.34. The summed E-state index contributed by atoms with van der Waals surface area (Å²) in [6, 6.07) is 17.1. The number of hydrogen-bond acceptors (Lipinski definition) is 0. The summed E-state index contributed by atoms with van der Waals surface area (Å²) in [4.78, 5) is 0. The van der Waals surface area contributed by atoms with Crippen molar-refractivity contribution >= 4 is 21.5 Å². The van der Waals surface area contributed by atoms with E-state index in [1.807, 2.05) is 0 Å². The average molecular weight is 205 g/mol. The summed E-state index contributed by atoms with van der Waals surface area (Å²) < 4.78 is 0. The fraction of sp³-hybridized carbons (Fsp3) is 0.0625. The lowest BCUT2D eigenvalue weighted by molar-refractivity contribution is 1.56. The smallest absolute Gasteiger partial charge is 0.0116 e. The van der Waals surface area contributed by atoms with Gasteiger partial charge < -0.3 is 0 Å². The summed E-state index contributed by atoms with van der Waals surface area (Å²) in [5.41, 5.74) is 2.44. The highest BCUT2D eigenvalue weighted by molar-refractivity contribution is 6.03. The molecule has 3 aromatic carbocycles. The van der Waals surface area contributed by atoms with E-state index in [9.17, 15) is 0 Å². The Morgan fingerprint density at radius 1 is 0.875 bits per heavy atom. The molecule has 0 amide bonds. The molecule has 0 heteroatoms. The number of benzene rings is 3. The highest BCUT2D eigenvalue weighted by atomic mass is 14.1. The molecule has 0 fully saturated rings. The van der Waals surface area contributed by atoms with Crippen molar-refractivity contribution in [1.82, 2.24) is 0 Å². The second-order valence-corrected chi connectivity index (χ2v) is 4.24. The zero-order valence-electron chi connectivity index (χ0n) is 9.33. The van der Waals surface area contributed by atoms with Crippen LogP contribution in [-0.4, -0.2) is 0 Å². The Labute approximate surface area is 95.5 Å². The molecular formula is C16H13. The van der Waals surface area contributed by atoms with Crippen molar-refractivity contribution in [3.05, 3.63) is 66.6 Å². The average Bonchev–Trinajstić information content (AvgIpc) is 2.29. The van der Waals surface area contributed by atoms with Crippen molar-refractivity contribution in [2.45, 2.75) is 6.92 Å². The zero-order chi connectivity index (χ0) is 11.1. The molecule has 0 spiro atoms. The molecule has 0 aliphatic rings. The van der Waals surface area contributed by atoms with Crippen LogP contribution in [0, 0.1) is 13.8 Å². The fourth-order valence-corrected chi connectivity index (χ4v) is 2.46. The summed E-state index contributed by atoms with van der Waals surface area (Å²) in [5.74, 6) is 0. The van der Waals surface area contributed by atoms with Gasteiger partial charge in [0.15, 0.2) is 0 Å². The third kappa shape index (κ3) is 1.23. The van der Waals surface area contributed by atoms with Gasteiger partial charge in [-0.05, 0) is 52.6 Å². The van der Waals surface area contributed by atoms with Gasteiger partial charge in [0.1, 0.15) is 0 Å². The third-order valence-corrected chi connectivity index (χ3v) is 3.23. The predicted octanol–water partition coefficient (Wildman–Crippen LogP) is 4.48. The monoisotopic (exact) mass is 205 g/mol. The van der Waals surface area contributed by atoms with E-state index in [-0.39, 0.29) is 0 Å². The first-order valence-electron chi connectivity index (χ1n) is 5.50. The van der Waals surface area contributed by atoms with Gasteiger partial charge >= 0.3 is 0 Å². The van der Waals surface area contributed by atoms with Crippen LogP contribution in [0.1, 0.15) is 11.1 Å². The van der Waals surface area contributed by atoms with Crippen LogP contribution in [0.2, 0.25) is 0 Å². The number of hydrogen-bond donors (Lipinski definition) is 0. The molecule has 0 saturated heterocycles. The normalized spacial score (nSPS) is 11.1. The molecule has 16 heavy (non-hydrogen) atoms. The first-order chi connectivity index (χ1) is 7.77. The lowest BCUT2D eigenvalue weighted by Gasteiger charge is -2.09. The van der Waals surface area contributed by atoms with Crippen LogP contribution >= 0.6 is 0 Å². The summed E-state index contributed by atoms with van der Waals surface area (Å²) in [6.45, 7) is 6.30. The van der Waals surface area contributed by atoms with Gasteiger partial charge in [0.25, 0.3) is 0 Å². The largest absolute Gasteiger partial charge is 0.0616 e. The molecule has 0 nitrogen and oxygen atoms in total. The van der Waals surface area contributed by atoms with Crippen LogP contribution in [-0.2, 0) is 0 Å². The summed E-state index contributed by atoms with van der Waals surface area (Å²) in [5, 5.41) is 5.20. The molecule has 77 valence electrons. The molecule has 1 radical (unpaired) electrons. The van der Waals surface area contributed by atoms with E-state index < -0.39 is 0 Å². The molecule has 0 heterocycles. The van der Waals surface area contributed by atoms with Gasteiger partial charge in [0, 0.05) is 0 Å². The van der Waals surface area contributed by atoms with Crippen LogP contribution in [0.15, 0.2) is 48.5 Å². The van der Waals surface area contributed by atoms with E-state index in [0.717, 1.165) is 5.56 Å². The molecular weight excluding hydrogens is 192 g/mol. The molecule has 0 aliphatic heterocycles. The van der Waals surface area contributed by atoms with Crippen LogP contribution in [0.25, 0.3) is 21.5 Å². The maximum absolute atomic E-state index is 4.12. The van der Waals surface area contributed by atoms with Crippen molar-refractivity contribution in [2.24, 2.45) is 0 Å². The molecule has 0 N–H and O–H groups in total. The minimum absolute atomic E-state index is 1.11. The maximum atomic E-state index is 4.12. The SMILES string of the molecule is [CH2]c1cccc2cc3ccccc3c(C)c12. The molecule has 0 saturated carbocycles. The Hall–Kier alpha value is -1.82. The fourth-order valence-electron chi connectivity index (χ4n) is 2.46. The molecule has 0 aliphatic carbocycles. The van der Waals surface area contributed by atoms with Crippen molar-refractivity contribution in [2.75, 3.05) is 0 Å². The van der Waals surface area contributed by atoms with Crippen molar-refractivity contribution < 1.29 is 0 Å². The van der Waals surface area contributed by atoms with Crippen molar-refractivity contribution in [3.63, 3.8) is 0 Å². The van der Waals surface area contributed by atoms with Crippen LogP contribution in [0.3, 0.4) is 0 Å². The summed E-state index contributed by atoms with van der Waals surface area (Å²) in [6.07, 6.45) is 0. The highest BCUT2D eigenvalue weighted by Gasteiger charge is 2.04. The Morgan fingerprint density at radius 2 is 1.62 bits per heavy atom. The van der Waals surface area contributed by atoms with E-state index in [1.54, 1.807) is 0 Å². The van der Waals surface area contributed by atoms with Gasteiger partial charge in [-0.2, -0.15) is 0 Å². The highest BCUT2D eigenvalue weighted by Crippen LogP contribution is 2.29. The summed E-state index contributed by atoms with van der Waals surface area (Å²) in [7, 11) is 0.